The molecular weight excluding hydrogens is 546 g/mol. The largest absolute Gasteiger partial charge is 0.356 e. The lowest BCUT2D eigenvalue weighted by Crippen LogP contribution is -2.42. The van der Waals surface area contributed by atoms with Gasteiger partial charge in [0.2, 0.25) is 11.8 Å². The third-order valence-corrected chi connectivity index (χ3v) is 9.20. The van der Waals surface area contributed by atoms with Crippen molar-refractivity contribution < 1.29 is 14.4 Å². The van der Waals surface area contributed by atoms with Crippen molar-refractivity contribution in [3.63, 3.8) is 0 Å². The number of nitrogens with zero attached hydrogens (tertiary/aromatic N) is 2. The minimum absolute atomic E-state index is 0.0103. The molecule has 2 aromatic heterocycles. The number of hydrogen-bond acceptors (Lipinski definition) is 5. The van der Waals surface area contributed by atoms with E-state index in [9.17, 15) is 14.4 Å². The molecule has 8 nitrogen and oxygen atoms in total. The lowest BCUT2D eigenvalue weighted by Gasteiger charge is -2.28. The van der Waals surface area contributed by atoms with Gasteiger partial charge < -0.3 is 25.8 Å². The predicted octanol–water partition coefficient (Wildman–Crippen LogP) is 5.77. The number of unbranched alkanes of at least 4 members (excludes halogenated alkanes) is 5. The maximum absolute atomic E-state index is 13.5. The molecule has 4 N–H and O–H groups in total. The molecule has 1 saturated carbocycles. The molecule has 0 bridgehead atoms. The van der Waals surface area contributed by atoms with Crippen LogP contribution in [0.3, 0.4) is 0 Å². The number of hydrogen-bond donors (Lipinski definition) is 3. The van der Waals surface area contributed by atoms with Crippen molar-refractivity contribution in [2.75, 3.05) is 24.5 Å². The summed E-state index contributed by atoms with van der Waals surface area (Å²) in [7, 11) is 0. The minimum atomic E-state index is -0.163. The smallest absolute Gasteiger partial charge is 0.268 e. The molecule has 0 radical (unpaired) electrons. The van der Waals surface area contributed by atoms with Gasteiger partial charge in [0.1, 0.15) is 12.2 Å². The normalized spacial score (nSPS) is 16.8. The molecule has 3 aromatic rings. The maximum atomic E-state index is 13.5. The van der Waals surface area contributed by atoms with Crippen LogP contribution in [0.15, 0.2) is 41.8 Å². The summed E-state index contributed by atoms with van der Waals surface area (Å²) < 4.78 is 2.83. The van der Waals surface area contributed by atoms with Gasteiger partial charge in [-0.05, 0) is 94.1 Å². The van der Waals surface area contributed by atoms with Crippen LogP contribution in [0, 0.1) is 12.8 Å². The van der Waals surface area contributed by atoms with E-state index in [1.165, 1.54) is 19.3 Å². The molecule has 1 aliphatic carbocycles. The third kappa shape index (κ3) is 8.44. The number of aryl methyl sites for hydroxylation is 1. The molecule has 1 aromatic carbocycles. The first kappa shape index (κ1) is 31.8. The second kappa shape index (κ2) is 15.9. The van der Waals surface area contributed by atoms with E-state index in [1.54, 1.807) is 16.2 Å². The Labute approximate surface area is 254 Å². The number of nitrogens with one attached hydrogen (secondary N) is 2. The molecule has 42 heavy (non-hydrogen) atoms. The number of thiophene rings is 1. The molecule has 9 heteroatoms. The van der Waals surface area contributed by atoms with Gasteiger partial charge in [-0.2, -0.15) is 0 Å². The SMILES string of the molecule is CCN(C(=O)Cn1c(C(=O)N[C@H]2CC[C@H](C(=O)NCCCCCCCCN)CC2)cc2sccc21)c1cccc(C)c1. The summed E-state index contributed by atoms with van der Waals surface area (Å²) in [5.74, 6) is -0.0658. The fourth-order valence-corrected chi connectivity index (χ4v) is 6.77. The van der Waals surface area contributed by atoms with Crippen molar-refractivity contribution in [1.29, 1.82) is 0 Å². The monoisotopic (exact) mass is 593 g/mol. The van der Waals surface area contributed by atoms with Crippen LogP contribution in [0.4, 0.5) is 5.69 Å². The zero-order valence-electron chi connectivity index (χ0n) is 25.2. The number of amides is 3. The topological polar surface area (TPSA) is 109 Å². The Morgan fingerprint density at radius 2 is 1.74 bits per heavy atom. The van der Waals surface area contributed by atoms with Crippen molar-refractivity contribution in [2.24, 2.45) is 11.7 Å². The molecule has 0 unspecified atom stereocenters. The van der Waals surface area contributed by atoms with E-state index in [1.807, 2.05) is 60.2 Å². The van der Waals surface area contributed by atoms with Crippen molar-refractivity contribution in [3.05, 3.63) is 53.0 Å². The lowest BCUT2D eigenvalue weighted by atomic mass is 9.85. The number of rotatable bonds is 15. The summed E-state index contributed by atoms with van der Waals surface area (Å²) in [6, 6.07) is 11.8. The standard InChI is InChI=1S/C33H47N5O3S/c1-3-37(27-12-10-11-24(2)21-27)31(39)23-38-28-17-20-42-30(28)22-29(38)33(41)36-26-15-13-25(14-16-26)32(40)35-19-9-7-5-4-6-8-18-34/h10-12,17,20-22,25-26H,3-9,13-16,18-19,23,34H2,1-2H3,(H,35,40)(H,36,41)/t25-,26-. The zero-order chi connectivity index (χ0) is 29.9. The van der Waals surface area contributed by atoms with E-state index in [2.05, 4.69) is 10.6 Å². The molecule has 1 fully saturated rings. The highest BCUT2D eigenvalue weighted by atomic mass is 32.1. The predicted molar refractivity (Wildman–Crippen MR) is 172 cm³/mol. The van der Waals surface area contributed by atoms with E-state index in [0.717, 1.165) is 79.5 Å². The number of nitrogens with two attached hydrogens (primary N) is 1. The van der Waals surface area contributed by atoms with Crippen LogP contribution in [-0.2, 0) is 16.1 Å². The number of fused-ring (bicyclic) bond motifs is 1. The highest BCUT2D eigenvalue weighted by Crippen LogP contribution is 2.28. The molecule has 0 aliphatic heterocycles. The molecule has 2 heterocycles. The van der Waals surface area contributed by atoms with Gasteiger partial charge >= 0.3 is 0 Å². The van der Waals surface area contributed by atoms with Gasteiger partial charge in [-0.1, -0.05) is 37.8 Å². The van der Waals surface area contributed by atoms with Crippen molar-refractivity contribution in [3.8, 4) is 0 Å². The molecular formula is C33H47N5O3S. The van der Waals surface area contributed by atoms with E-state index >= 15 is 0 Å². The molecule has 3 amide bonds. The Hall–Kier alpha value is -3.17. The number of anilines is 1. The van der Waals surface area contributed by atoms with Crippen LogP contribution in [0.5, 0.6) is 0 Å². The zero-order valence-corrected chi connectivity index (χ0v) is 26.0. The average molecular weight is 594 g/mol. The fourth-order valence-electron chi connectivity index (χ4n) is 5.95. The second-order valence-corrected chi connectivity index (χ2v) is 12.4. The highest BCUT2D eigenvalue weighted by Gasteiger charge is 2.28. The highest BCUT2D eigenvalue weighted by molar-refractivity contribution is 7.17. The van der Waals surface area contributed by atoms with Gasteiger partial charge in [-0.3, -0.25) is 14.4 Å². The minimum Gasteiger partial charge on any atom is -0.356 e. The van der Waals surface area contributed by atoms with Crippen LogP contribution < -0.4 is 21.3 Å². The first-order valence-electron chi connectivity index (χ1n) is 15.6. The van der Waals surface area contributed by atoms with Crippen LogP contribution in [-0.4, -0.2) is 48.0 Å². The van der Waals surface area contributed by atoms with Crippen LogP contribution in [0.1, 0.15) is 87.2 Å². The van der Waals surface area contributed by atoms with Crippen LogP contribution in [0.25, 0.3) is 10.2 Å². The molecule has 0 spiro atoms. The quantitative estimate of drug-likeness (QED) is 0.194. The Kier molecular flexibility index (Phi) is 12.0. The van der Waals surface area contributed by atoms with Crippen LogP contribution in [0.2, 0.25) is 0 Å². The summed E-state index contributed by atoms with van der Waals surface area (Å²) in [6.45, 7) is 6.11. The number of likely N-dealkylation sites (N-methyl/N-ethyl adjacent to an activating group) is 1. The second-order valence-electron chi connectivity index (χ2n) is 11.5. The van der Waals surface area contributed by atoms with Gasteiger partial charge in [0.15, 0.2) is 0 Å². The van der Waals surface area contributed by atoms with Crippen molar-refractivity contribution >= 4 is 45.0 Å². The molecule has 0 atom stereocenters. The number of carbonyl (C=O) groups excluding carboxylic acids is 3. The Balaban J connectivity index is 1.29. The average Bonchev–Trinajstić information content (AvgIpc) is 3.58. The van der Waals surface area contributed by atoms with Gasteiger partial charge in [-0.15, -0.1) is 11.3 Å². The van der Waals surface area contributed by atoms with Crippen molar-refractivity contribution in [2.45, 2.75) is 90.6 Å². The molecule has 1 aliphatic rings. The first-order chi connectivity index (χ1) is 20.4. The van der Waals surface area contributed by atoms with Gasteiger partial charge in [0.05, 0.1) is 10.2 Å². The Morgan fingerprint density at radius 3 is 2.45 bits per heavy atom. The summed E-state index contributed by atoms with van der Waals surface area (Å²) in [6.07, 6.45) is 9.93. The fraction of sp³-hybridized carbons (Fsp3) is 0.545. The molecule has 4 rings (SSSR count). The third-order valence-electron chi connectivity index (χ3n) is 8.34. The van der Waals surface area contributed by atoms with E-state index in [-0.39, 0.29) is 36.2 Å². The van der Waals surface area contributed by atoms with E-state index in [0.29, 0.717) is 12.2 Å². The van der Waals surface area contributed by atoms with Gasteiger partial charge in [0, 0.05) is 30.7 Å². The molecule has 228 valence electrons. The van der Waals surface area contributed by atoms with Crippen LogP contribution >= 0.6 is 11.3 Å². The maximum Gasteiger partial charge on any atom is 0.268 e. The summed E-state index contributed by atoms with van der Waals surface area (Å²) in [4.78, 5) is 41.4. The first-order valence-corrected chi connectivity index (χ1v) is 16.5. The number of benzene rings is 1. The summed E-state index contributed by atoms with van der Waals surface area (Å²) in [5.41, 5.74) is 8.90. The number of carbonyl (C=O) groups is 3. The summed E-state index contributed by atoms with van der Waals surface area (Å²) in [5, 5.41) is 8.31. The van der Waals surface area contributed by atoms with Gasteiger partial charge in [-0.25, -0.2) is 0 Å². The Morgan fingerprint density at radius 1 is 1.00 bits per heavy atom. The molecule has 0 saturated heterocycles. The van der Waals surface area contributed by atoms with E-state index in [4.69, 9.17) is 5.73 Å². The Bertz CT molecular complexity index is 1320. The van der Waals surface area contributed by atoms with E-state index < -0.39 is 0 Å². The number of aromatic nitrogens is 1. The lowest BCUT2D eigenvalue weighted by molar-refractivity contribution is -0.126. The van der Waals surface area contributed by atoms with Crippen molar-refractivity contribution in [1.82, 2.24) is 15.2 Å². The van der Waals surface area contributed by atoms with Gasteiger partial charge in [0.25, 0.3) is 5.91 Å². The summed E-state index contributed by atoms with van der Waals surface area (Å²) >= 11 is 1.57.